The van der Waals surface area contributed by atoms with Crippen LogP contribution in [0, 0.1) is 0 Å². The van der Waals surface area contributed by atoms with Crippen molar-refractivity contribution < 1.29 is 4.74 Å². The van der Waals surface area contributed by atoms with E-state index in [1.54, 1.807) is 0 Å². The summed E-state index contributed by atoms with van der Waals surface area (Å²) in [6, 6.07) is 4.12. The Morgan fingerprint density at radius 3 is 2.62 bits per heavy atom. The molecule has 3 N–H and O–H groups in total. The number of pyridine rings is 1. The lowest BCUT2D eigenvalue weighted by atomic mass is 10.1. The van der Waals surface area contributed by atoms with E-state index in [2.05, 4.69) is 36.0 Å². The molecule has 1 heterocycles. The van der Waals surface area contributed by atoms with Crippen molar-refractivity contribution in [2.75, 3.05) is 37.3 Å². The van der Waals surface area contributed by atoms with Gasteiger partial charge in [0.1, 0.15) is 5.82 Å². The fourth-order valence-corrected chi connectivity index (χ4v) is 2.27. The SMILES string of the molecule is CCOc1nc(NC(C)CCCN(CC)CC)ccc1N. The zero-order valence-corrected chi connectivity index (χ0v) is 13.9. The van der Waals surface area contributed by atoms with Crippen molar-refractivity contribution in [3.8, 4) is 5.88 Å². The minimum absolute atomic E-state index is 0.381. The van der Waals surface area contributed by atoms with Gasteiger partial charge in [-0.1, -0.05) is 13.8 Å². The van der Waals surface area contributed by atoms with Gasteiger partial charge >= 0.3 is 0 Å². The minimum atomic E-state index is 0.381. The molecule has 0 bridgehead atoms. The van der Waals surface area contributed by atoms with Gasteiger partial charge in [0, 0.05) is 6.04 Å². The van der Waals surface area contributed by atoms with Crippen molar-refractivity contribution in [2.45, 2.75) is 46.6 Å². The maximum atomic E-state index is 5.83. The van der Waals surface area contributed by atoms with Crippen LogP contribution in [0.25, 0.3) is 0 Å². The van der Waals surface area contributed by atoms with E-state index >= 15 is 0 Å². The van der Waals surface area contributed by atoms with Gasteiger partial charge in [0.25, 0.3) is 0 Å². The van der Waals surface area contributed by atoms with Crippen LogP contribution in [0.1, 0.15) is 40.5 Å². The molecule has 5 heteroatoms. The molecule has 0 saturated carbocycles. The van der Waals surface area contributed by atoms with Gasteiger partial charge in [-0.3, -0.25) is 0 Å². The molecule has 0 fully saturated rings. The van der Waals surface area contributed by atoms with E-state index in [-0.39, 0.29) is 0 Å². The van der Waals surface area contributed by atoms with Gasteiger partial charge in [-0.2, -0.15) is 4.98 Å². The molecule has 0 spiro atoms. The predicted octanol–water partition coefficient (Wildman–Crippen LogP) is 2.98. The molecule has 21 heavy (non-hydrogen) atoms. The van der Waals surface area contributed by atoms with E-state index in [0.717, 1.165) is 31.9 Å². The first-order chi connectivity index (χ1) is 10.1. The third-order valence-corrected chi connectivity index (χ3v) is 3.57. The molecule has 0 amide bonds. The Balaban J connectivity index is 2.43. The van der Waals surface area contributed by atoms with Crippen LogP contribution in [0.3, 0.4) is 0 Å². The summed E-state index contributed by atoms with van der Waals surface area (Å²) >= 11 is 0. The topological polar surface area (TPSA) is 63.4 Å². The van der Waals surface area contributed by atoms with Gasteiger partial charge in [-0.05, 0) is 58.5 Å². The zero-order valence-electron chi connectivity index (χ0n) is 13.9. The van der Waals surface area contributed by atoms with Crippen LogP contribution in [0.4, 0.5) is 11.5 Å². The van der Waals surface area contributed by atoms with E-state index in [0.29, 0.717) is 24.2 Å². The molecule has 0 radical (unpaired) electrons. The van der Waals surface area contributed by atoms with Crippen molar-refractivity contribution in [1.29, 1.82) is 0 Å². The largest absolute Gasteiger partial charge is 0.476 e. The fourth-order valence-electron chi connectivity index (χ4n) is 2.27. The summed E-state index contributed by atoms with van der Waals surface area (Å²) in [7, 11) is 0. The third-order valence-electron chi connectivity index (χ3n) is 3.57. The predicted molar refractivity (Wildman–Crippen MR) is 89.9 cm³/mol. The Morgan fingerprint density at radius 1 is 1.29 bits per heavy atom. The lowest BCUT2D eigenvalue weighted by Gasteiger charge is -2.20. The normalized spacial score (nSPS) is 12.4. The lowest BCUT2D eigenvalue weighted by molar-refractivity contribution is 0.295. The second kappa shape index (κ2) is 9.45. The third kappa shape index (κ3) is 6.21. The lowest BCUT2D eigenvalue weighted by Crippen LogP contribution is -2.25. The molecular weight excluding hydrogens is 264 g/mol. The summed E-state index contributed by atoms with van der Waals surface area (Å²) in [6.45, 7) is 12.5. The first-order valence-corrected chi connectivity index (χ1v) is 7.98. The second-order valence-electron chi connectivity index (χ2n) is 5.24. The number of hydrogen-bond acceptors (Lipinski definition) is 5. The number of hydrogen-bond donors (Lipinski definition) is 2. The Morgan fingerprint density at radius 2 is 2.00 bits per heavy atom. The summed E-state index contributed by atoms with van der Waals surface area (Å²) in [5.74, 6) is 1.33. The molecule has 0 aliphatic carbocycles. The maximum Gasteiger partial charge on any atom is 0.239 e. The molecule has 1 aromatic heterocycles. The number of nitrogens with two attached hydrogens (primary N) is 1. The summed E-state index contributed by atoms with van der Waals surface area (Å²) in [6.07, 6.45) is 2.30. The number of ether oxygens (including phenoxy) is 1. The van der Waals surface area contributed by atoms with Crippen LogP contribution < -0.4 is 15.8 Å². The molecule has 0 aromatic carbocycles. The smallest absolute Gasteiger partial charge is 0.239 e. The highest BCUT2D eigenvalue weighted by Gasteiger charge is 2.07. The van der Waals surface area contributed by atoms with Crippen LogP contribution in [-0.4, -0.2) is 42.2 Å². The Hall–Kier alpha value is -1.49. The average Bonchev–Trinajstić information content (AvgIpc) is 2.47. The van der Waals surface area contributed by atoms with Gasteiger partial charge < -0.3 is 20.7 Å². The first kappa shape index (κ1) is 17.6. The fraction of sp³-hybridized carbons (Fsp3) is 0.688. The van der Waals surface area contributed by atoms with E-state index in [9.17, 15) is 0 Å². The average molecular weight is 294 g/mol. The van der Waals surface area contributed by atoms with Crippen molar-refractivity contribution in [1.82, 2.24) is 9.88 Å². The molecule has 1 rings (SSSR count). The van der Waals surface area contributed by atoms with Crippen LogP contribution in [0.5, 0.6) is 5.88 Å². The molecule has 1 unspecified atom stereocenters. The number of nitrogens with zero attached hydrogens (tertiary/aromatic N) is 2. The Kier molecular flexibility index (Phi) is 7.90. The molecule has 0 aliphatic heterocycles. The number of anilines is 2. The zero-order chi connectivity index (χ0) is 15.7. The van der Waals surface area contributed by atoms with Crippen LogP contribution in [0.2, 0.25) is 0 Å². The summed E-state index contributed by atoms with van der Waals surface area (Å²) in [5.41, 5.74) is 6.41. The second-order valence-corrected chi connectivity index (χ2v) is 5.24. The quantitative estimate of drug-likeness (QED) is 0.694. The number of aromatic nitrogens is 1. The molecule has 120 valence electrons. The highest BCUT2D eigenvalue weighted by molar-refractivity contribution is 5.53. The minimum Gasteiger partial charge on any atom is -0.476 e. The van der Waals surface area contributed by atoms with Crippen LogP contribution in [-0.2, 0) is 0 Å². The summed E-state index contributed by atoms with van der Waals surface area (Å²) in [5, 5.41) is 3.41. The standard InChI is InChI=1S/C16H30N4O/c1-5-20(6-2)12-8-9-13(4)18-15-11-10-14(17)16(19-15)21-7-3/h10-11,13H,5-9,12,17H2,1-4H3,(H,18,19). The monoisotopic (exact) mass is 294 g/mol. The van der Waals surface area contributed by atoms with Crippen LogP contribution >= 0.6 is 0 Å². The van der Waals surface area contributed by atoms with E-state index in [1.165, 1.54) is 6.42 Å². The number of rotatable bonds is 10. The summed E-state index contributed by atoms with van der Waals surface area (Å²) < 4.78 is 5.42. The first-order valence-electron chi connectivity index (χ1n) is 7.98. The highest BCUT2D eigenvalue weighted by Crippen LogP contribution is 2.21. The van der Waals surface area contributed by atoms with Gasteiger partial charge in [-0.15, -0.1) is 0 Å². The molecule has 1 atom stereocenters. The molecule has 0 aliphatic rings. The van der Waals surface area contributed by atoms with Gasteiger partial charge in [0.2, 0.25) is 5.88 Å². The van der Waals surface area contributed by atoms with Crippen molar-refractivity contribution in [2.24, 2.45) is 0 Å². The van der Waals surface area contributed by atoms with E-state index in [1.807, 2.05) is 19.1 Å². The summed E-state index contributed by atoms with van der Waals surface area (Å²) in [4.78, 5) is 6.85. The molecular formula is C16H30N4O. The van der Waals surface area contributed by atoms with E-state index < -0.39 is 0 Å². The van der Waals surface area contributed by atoms with Gasteiger partial charge in [0.05, 0.1) is 12.3 Å². The molecule has 0 saturated heterocycles. The molecule has 1 aromatic rings. The maximum absolute atomic E-state index is 5.83. The highest BCUT2D eigenvalue weighted by atomic mass is 16.5. The van der Waals surface area contributed by atoms with Crippen molar-refractivity contribution in [3.05, 3.63) is 12.1 Å². The molecule has 5 nitrogen and oxygen atoms in total. The Labute approximate surface area is 128 Å². The van der Waals surface area contributed by atoms with E-state index in [4.69, 9.17) is 10.5 Å². The number of nitrogens with one attached hydrogen (secondary N) is 1. The number of nitrogen functional groups attached to an aromatic ring is 1. The van der Waals surface area contributed by atoms with Crippen molar-refractivity contribution >= 4 is 11.5 Å². The van der Waals surface area contributed by atoms with Crippen molar-refractivity contribution in [3.63, 3.8) is 0 Å². The van der Waals surface area contributed by atoms with Gasteiger partial charge in [0.15, 0.2) is 0 Å². The van der Waals surface area contributed by atoms with Crippen LogP contribution in [0.15, 0.2) is 12.1 Å². The van der Waals surface area contributed by atoms with Gasteiger partial charge in [-0.25, -0.2) is 0 Å². The Bertz CT molecular complexity index is 407.